The first-order valence-electron chi connectivity index (χ1n) is 11.1. The van der Waals surface area contributed by atoms with Gasteiger partial charge in [0.1, 0.15) is 0 Å². The molecule has 1 atom stereocenters. The molecule has 8 nitrogen and oxygen atoms in total. The van der Waals surface area contributed by atoms with Crippen LogP contribution in [-0.4, -0.2) is 81.1 Å². The number of sulfonamides is 1. The number of amides is 1. The number of hydrogen-bond donors (Lipinski definition) is 2. The van der Waals surface area contributed by atoms with Gasteiger partial charge in [-0.15, -0.1) is 24.0 Å². The van der Waals surface area contributed by atoms with E-state index >= 15 is 0 Å². The topological polar surface area (TPSA) is 94.1 Å². The molecule has 30 heavy (non-hydrogen) atoms. The molecular formula is C20H40IN5O3S. The Balaban J connectivity index is 0.00000450. The molecule has 0 aromatic heterocycles. The molecular weight excluding hydrogens is 517 g/mol. The Morgan fingerprint density at radius 3 is 2.47 bits per heavy atom. The Bertz CT molecular complexity index is 653. The lowest BCUT2D eigenvalue weighted by molar-refractivity contribution is -0.135. The molecule has 176 valence electrons. The van der Waals surface area contributed by atoms with E-state index in [1.807, 2.05) is 18.7 Å². The minimum atomic E-state index is -3.15. The summed E-state index contributed by atoms with van der Waals surface area (Å²) in [4.78, 5) is 19.4. The van der Waals surface area contributed by atoms with Crippen LogP contribution in [-0.2, 0) is 14.8 Å². The van der Waals surface area contributed by atoms with Crippen LogP contribution in [0.25, 0.3) is 0 Å². The van der Waals surface area contributed by atoms with Crippen molar-refractivity contribution < 1.29 is 13.2 Å². The van der Waals surface area contributed by atoms with Crippen molar-refractivity contribution in [2.45, 2.75) is 64.8 Å². The summed E-state index contributed by atoms with van der Waals surface area (Å²) in [7, 11) is -3.15. The summed E-state index contributed by atoms with van der Waals surface area (Å²) in [5.41, 5.74) is 0. The zero-order valence-electron chi connectivity index (χ0n) is 18.7. The van der Waals surface area contributed by atoms with Crippen molar-refractivity contribution in [1.82, 2.24) is 19.8 Å². The first kappa shape index (κ1) is 27.4. The van der Waals surface area contributed by atoms with Crippen molar-refractivity contribution in [3.05, 3.63) is 0 Å². The highest BCUT2D eigenvalue weighted by atomic mass is 127. The third-order valence-corrected chi connectivity index (χ3v) is 7.18. The normalized spacial score (nSPS) is 20.9. The van der Waals surface area contributed by atoms with Gasteiger partial charge < -0.3 is 15.5 Å². The molecule has 1 amide bonds. The summed E-state index contributed by atoms with van der Waals surface area (Å²) < 4.78 is 24.8. The van der Waals surface area contributed by atoms with E-state index in [2.05, 4.69) is 15.6 Å². The van der Waals surface area contributed by atoms with E-state index in [1.165, 1.54) is 29.8 Å². The fraction of sp³-hybridized carbons (Fsp3) is 0.900. The van der Waals surface area contributed by atoms with Crippen LogP contribution in [0.2, 0.25) is 0 Å². The van der Waals surface area contributed by atoms with Gasteiger partial charge in [0, 0.05) is 51.2 Å². The number of halogens is 1. The first-order valence-corrected chi connectivity index (χ1v) is 13.0. The van der Waals surface area contributed by atoms with Crippen LogP contribution >= 0.6 is 24.0 Å². The van der Waals surface area contributed by atoms with Crippen LogP contribution in [0.4, 0.5) is 0 Å². The molecule has 2 aliphatic rings. The number of likely N-dealkylation sites (tertiary alicyclic amines) is 1. The molecule has 10 heteroatoms. The summed E-state index contributed by atoms with van der Waals surface area (Å²) in [6, 6.07) is 0.212. The highest BCUT2D eigenvalue weighted by Gasteiger charge is 2.31. The number of guanidine groups is 1. The zero-order chi connectivity index (χ0) is 21.3. The van der Waals surface area contributed by atoms with Gasteiger partial charge in [-0.05, 0) is 32.6 Å². The van der Waals surface area contributed by atoms with Gasteiger partial charge in [-0.1, -0.05) is 26.2 Å². The molecule has 0 aromatic rings. The lowest BCUT2D eigenvalue weighted by Crippen LogP contribution is -2.45. The Labute approximate surface area is 199 Å². The maximum absolute atomic E-state index is 12.7. The molecule has 1 saturated heterocycles. The van der Waals surface area contributed by atoms with Crippen molar-refractivity contribution in [3.63, 3.8) is 0 Å². The number of rotatable bonds is 9. The predicted octanol–water partition coefficient (Wildman–Crippen LogP) is 2.01. The second-order valence-electron chi connectivity index (χ2n) is 8.12. The molecule has 2 N–H and O–H groups in total. The smallest absolute Gasteiger partial charge is 0.225 e. The fourth-order valence-electron chi connectivity index (χ4n) is 4.20. The molecule has 0 radical (unpaired) electrons. The second kappa shape index (κ2) is 13.7. The fourth-order valence-corrected chi connectivity index (χ4v) is 5.13. The van der Waals surface area contributed by atoms with Crippen LogP contribution in [0, 0.1) is 5.92 Å². The van der Waals surface area contributed by atoms with Crippen LogP contribution < -0.4 is 10.6 Å². The molecule has 0 spiro atoms. The van der Waals surface area contributed by atoms with E-state index < -0.39 is 10.0 Å². The average Bonchev–Trinajstić information content (AvgIpc) is 3.15. The SMILES string of the molecule is CCNC(=NCCCN(CC)S(C)(=O)=O)NC1CCN(C(=O)C2CCCCC2)C1.I. The first-order chi connectivity index (χ1) is 13.8. The predicted molar refractivity (Wildman–Crippen MR) is 133 cm³/mol. The van der Waals surface area contributed by atoms with E-state index in [9.17, 15) is 13.2 Å². The Morgan fingerprint density at radius 2 is 1.87 bits per heavy atom. The number of aliphatic imine (C=N–C) groups is 1. The highest BCUT2D eigenvalue weighted by Crippen LogP contribution is 2.26. The summed E-state index contributed by atoms with van der Waals surface area (Å²) in [6.07, 6.45) is 8.55. The standard InChI is InChI=1S/C20H39N5O3S.HI/c1-4-21-20(22-13-9-14-25(5-2)29(3,27)28)23-18-12-15-24(16-18)19(26)17-10-7-6-8-11-17;/h17-18H,4-16H2,1-3H3,(H2,21,22,23);1H. The van der Waals surface area contributed by atoms with Crippen LogP contribution in [0.3, 0.4) is 0 Å². The molecule has 1 heterocycles. The third kappa shape index (κ3) is 8.86. The number of hydrogen-bond acceptors (Lipinski definition) is 4. The van der Waals surface area contributed by atoms with Gasteiger partial charge in [-0.25, -0.2) is 12.7 Å². The molecule has 0 aromatic carbocycles. The van der Waals surface area contributed by atoms with E-state index in [-0.39, 0.29) is 35.9 Å². The quantitative estimate of drug-likeness (QED) is 0.196. The summed E-state index contributed by atoms with van der Waals surface area (Å²) in [5, 5.41) is 6.70. The van der Waals surface area contributed by atoms with E-state index in [0.717, 1.165) is 44.9 Å². The molecule has 0 bridgehead atoms. The number of carbonyl (C=O) groups excluding carboxylic acids is 1. The monoisotopic (exact) mass is 557 g/mol. The number of nitrogens with zero attached hydrogens (tertiary/aromatic N) is 3. The van der Waals surface area contributed by atoms with Crippen LogP contribution in [0.5, 0.6) is 0 Å². The summed E-state index contributed by atoms with van der Waals surface area (Å²) in [5.74, 6) is 1.30. The van der Waals surface area contributed by atoms with Crippen molar-refractivity contribution >= 4 is 45.9 Å². The third-order valence-electron chi connectivity index (χ3n) is 5.80. The van der Waals surface area contributed by atoms with Gasteiger partial charge in [-0.2, -0.15) is 0 Å². The minimum absolute atomic E-state index is 0. The lowest BCUT2D eigenvalue weighted by atomic mass is 9.88. The largest absolute Gasteiger partial charge is 0.357 e. The molecule has 1 unspecified atom stereocenters. The average molecular weight is 558 g/mol. The van der Waals surface area contributed by atoms with E-state index in [1.54, 1.807) is 0 Å². The van der Waals surface area contributed by atoms with E-state index in [4.69, 9.17) is 0 Å². The Hall–Kier alpha value is -0.620. The number of carbonyl (C=O) groups is 1. The zero-order valence-corrected chi connectivity index (χ0v) is 21.9. The van der Waals surface area contributed by atoms with Crippen LogP contribution in [0.15, 0.2) is 4.99 Å². The van der Waals surface area contributed by atoms with Crippen molar-refractivity contribution in [2.24, 2.45) is 10.9 Å². The van der Waals surface area contributed by atoms with E-state index in [0.29, 0.717) is 32.0 Å². The minimum Gasteiger partial charge on any atom is -0.357 e. The number of nitrogens with one attached hydrogen (secondary N) is 2. The lowest BCUT2D eigenvalue weighted by Gasteiger charge is -2.26. The maximum Gasteiger partial charge on any atom is 0.225 e. The Morgan fingerprint density at radius 1 is 1.17 bits per heavy atom. The van der Waals surface area contributed by atoms with Gasteiger partial charge in [0.25, 0.3) is 0 Å². The summed E-state index contributed by atoms with van der Waals surface area (Å²) in [6.45, 7) is 7.68. The maximum atomic E-state index is 12.7. The Kier molecular flexibility index (Phi) is 12.5. The van der Waals surface area contributed by atoms with Gasteiger partial charge in [0.15, 0.2) is 5.96 Å². The van der Waals surface area contributed by atoms with Crippen molar-refractivity contribution in [2.75, 3.05) is 45.5 Å². The summed E-state index contributed by atoms with van der Waals surface area (Å²) >= 11 is 0. The highest BCUT2D eigenvalue weighted by molar-refractivity contribution is 14.0. The molecule has 1 saturated carbocycles. The van der Waals surface area contributed by atoms with Gasteiger partial charge in [0.2, 0.25) is 15.9 Å². The van der Waals surface area contributed by atoms with Gasteiger partial charge in [-0.3, -0.25) is 9.79 Å². The molecule has 1 aliphatic carbocycles. The van der Waals surface area contributed by atoms with Crippen molar-refractivity contribution in [3.8, 4) is 0 Å². The molecule has 2 fully saturated rings. The second-order valence-corrected chi connectivity index (χ2v) is 10.1. The molecule has 1 aliphatic heterocycles. The molecule has 2 rings (SSSR count). The van der Waals surface area contributed by atoms with Crippen LogP contribution in [0.1, 0.15) is 58.8 Å². The van der Waals surface area contributed by atoms with Gasteiger partial charge >= 0.3 is 0 Å². The van der Waals surface area contributed by atoms with Gasteiger partial charge in [0.05, 0.1) is 6.26 Å². The van der Waals surface area contributed by atoms with Crippen molar-refractivity contribution in [1.29, 1.82) is 0 Å².